The highest BCUT2D eigenvalue weighted by molar-refractivity contribution is 4.85. The van der Waals surface area contributed by atoms with Gasteiger partial charge in [-0.3, -0.25) is 0 Å². The highest BCUT2D eigenvalue weighted by Gasteiger charge is 2.29. The third kappa shape index (κ3) is 3.67. The van der Waals surface area contributed by atoms with E-state index in [1.807, 2.05) is 7.11 Å². The maximum atomic E-state index is 5.27. The van der Waals surface area contributed by atoms with Crippen LogP contribution in [0.2, 0.25) is 0 Å². The Kier molecular flexibility index (Phi) is 5.26. The Balaban J connectivity index is 1.76. The first kappa shape index (κ1) is 13.3. The second-order valence-electron chi connectivity index (χ2n) is 5.81. The van der Waals surface area contributed by atoms with Crippen molar-refractivity contribution in [2.24, 2.45) is 11.8 Å². The van der Waals surface area contributed by atoms with Crippen molar-refractivity contribution in [2.75, 3.05) is 40.4 Å². The lowest BCUT2D eigenvalue weighted by Gasteiger charge is -2.34. The van der Waals surface area contributed by atoms with Crippen molar-refractivity contribution in [3.63, 3.8) is 0 Å². The van der Waals surface area contributed by atoms with Gasteiger partial charge in [-0.2, -0.15) is 0 Å². The molecule has 0 aromatic carbocycles. The molecule has 2 aliphatic rings. The summed E-state index contributed by atoms with van der Waals surface area (Å²) in [5.41, 5.74) is 0. The molecule has 100 valence electrons. The number of rotatable bonds is 5. The Morgan fingerprint density at radius 2 is 2.06 bits per heavy atom. The number of nitrogens with zero attached hydrogens (tertiary/aromatic N) is 1. The van der Waals surface area contributed by atoms with Crippen LogP contribution in [0.15, 0.2) is 0 Å². The SMILES string of the molecule is CNC1CCCCC1CN1CCC(COC)C1. The zero-order chi connectivity index (χ0) is 12.1. The fraction of sp³-hybridized carbons (Fsp3) is 1.00. The molecular weight excluding hydrogens is 212 g/mol. The molecule has 0 bridgehead atoms. The highest BCUT2D eigenvalue weighted by Crippen LogP contribution is 2.27. The Bertz CT molecular complexity index is 222. The van der Waals surface area contributed by atoms with Gasteiger partial charge in [-0.25, -0.2) is 0 Å². The van der Waals surface area contributed by atoms with Crippen LogP contribution in [-0.4, -0.2) is 51.3 Å². The van der Waals surface area contributed by atoms with Crippen LogP contribution in [0.25, 0.3) is 0 Å². The fourth-order valence-corrected chi connectivity index (χ4v) is 3.59. The summed E-state index contributed by atoms with van der Waals surface area (Å²) < 4.78 is 5.27. The van der Waals surface area contributed by atoms with E-state index in [1.54, 1.807) is 0 Å². The van der Waals surface area contributed by atoms with Gasteiger partial charge in [-0.05, 0) is 44.7 Å². The Morgan fingerprint density at radius 1 is 1.24 bits per heavy atom. The summed E-state index contributed by atoms with van der Waals surface area (Å²) >= 11 is 0. The number of hydrogen-bond donors (Lipinski definition) is 1. The lowest BCUT2D eigenvalue weighted by molar-refractivity contribution is 0.145. The second kappa shape index (κ2) is 6.72. The van der Waals surface area contributed by atoms with Crippen molar-refractivity contribution in [3.05, 3.63) is 0 Å². The smallest absolute Gasteiger partial charge is 0.0503 e. The number of nitrogens with one attached hydrogen (secondary N) is 1. The molecule has 1 saturated carbocycles. The molecule has 1 saturated heterocycles. The average Bonchev–Trinajstić information content (AvgIpc) is 2.78. The van der Waals surface area contributed by atoms with Gasteiger partial charge in [0, 0.05) is 26.2 Å². The van der Waals surface area contributed by atoms with E-state index in [9.17, 15) is 0 Å². The molecule has 3 nitrogen and oxygen atoms in total. The van der Waals surface area contributed by atoms with Crippen molar-refractivity contribution < 1.29 is 4.74 Å². The molecule has 1 heterocycles. The first-order valence-corrected chi connectivity index (χ1v) is 7.22. The maximum Gasteiger partial charge on any atom is 0.0503 e. The zero-order valence-electron chi connectivity index (χ0n) is 11.5. The highest BCUT2D eigenvalue weighted by atomic mass is 16.5. The molecule has 0 amide bonds. The van der Waals surface area contributed by atoms with E-state index < -0.39 is 0 Å². The molecular formula is C14H28N2O. The normalized spacial score (nSPS) is 35.3. The van der Waals surface area contributed by atoms with E-state index in [-0.39, 0.29) is 0 Å². The molecule has 0 spiro atoms. The molecule has 1 aliphatic heterocycles. The Morgan fingerprint density at radius 3 is 2.82 bits per heavy atom. The average molecular weight is 240 g/mol. The number of likely N-dealkylation sites (tertiary alicyclic amines) is 1. The second-order valence-corrected chi connectivity index (χ2v) is 5.81. The van der Waals surface area contributed by atoms with Gasteiger partial charge >= 0.3 is 0 Å². The first-order chi connectivity index (χ1) is 8.33. The van der Waals surface area contributed by atoms with E-state index in [0.29, 0.717) is 0 Å². The van der Waals surface area contributed by atoms with Gasteiger partial charge in [0.05, 0.1) is 6.61 Å². The molecule has 0 aromatic rings. The van der Waals surface area contributed by atoms with Crippen LogP contribution in [0.4, 0.5) is 0 Å². The molecule has 0 radical (unpaired) electrons. The quantitative estimate of drug-likeness (QED) is 0.792. The standard InChI is InChI=1S/C14H28N2O/c1-15-14-6-4-3-5-13(14)10-16-8-7-12(9-16)11-17-2/h12-15H,3-11H2,1-2H3. The molecule has 1 aliphatic carbocycles. The lowest BCUT2D eigenvalue weighted by atomic mass is 9.84. The lowest BCUT2D eigenvalue weighted by Crippen LogP contribution is -2.42. The van der Waals surface area contributed by atoms with Crippen molar-refractivity contribution in [1.82, 2.24) is 10.2 Å². The van der Waals surface area contributed by atoms with E-state index in [4.69, 9.17) is 4.74 Å². The Labute approximate surface area is 106 Å². The van der Waals surface area contributed by atoms with Gasteiger partial charge < -0.3 is 15.0 Å². The predicted molar refractivity (Wildman–Crippen MR) is 71.2 cm³/mol. The molecule has 0 aromatic heterocycles. The summed E-state index contributed by atoms with van der Waals surface area (Å²) in [6, 6.07) is 0.755. The zero-order valence-corrected chi connectivity index (χ0v) is 11.5. The van der Waals surface area contributed by atoms with Crippen LogP contribution in [0.1, 0.15) is 32.1 Å². The predicted octanol–water partition coefficient (Wildman–Crippen LogP) is 1.73. The van der Waals surface area contributed by atoms with Crippen molar-refractivity contribution in [2.45, 2.75) is 38.1 Å². The number of methoxy groups -OCH3 is 1. The molecule has 3 unspecified atom stereocenters. The maximum absolute atomic E-state index is 5.27. The third-order valence-corrected chi connectivity index (χ3v) is 4.54. The van der Waals surface area contributed by atoms with Gasteiger partial charge in [0.15, 0.2) is 0 Å². The van der Waals surface area contributed by atoms with E-state index in [1.165, 1.54) is 51.7 Å². The summed E-state index contributed by atoms with van der Waals surface area (Å²) in [5.74, 6) is 1.65. The summed E-state index contributed by atoms with van der Waals surface area (Å²) in [6.45, 7) is 4.77. The van der Waals surface area contributed by atoms with Crippen molar-refractivity contribution in [1.29, 1.82) is 0 Å². The number of ether oxygens (including phenoxy) is 1. The largest absolute Gasteiger partial charge is 0.384 e. The van der Waals surface area contributed by atoms with E-state index in [0.717, 1.165) is 24.5 Å². The monoisotopic (exact) mass is 240 g/mol. The van der Waals surface area contributed by atoms with Crippen LogP contribution in [0.5, 0.6) is 0 Å². The van der Waals surface area contributed by atoms with Crippen LogP contribution in [0.3, 0.4) is 0 Å². The summed E-state index contributed by atoms with van der Waals surface area (Å²) in [6.07, 6.45) is 6.95. The first-order valence-electron chi connectivity index (χ1n) is 7.22. The Hall–Kier alpha value is -0.120. The summed E-state index contributed by atoms with van der Waals surface area (Å²) in [7, 11) is 3.95. The van der Waals surface area contributed by atoms with Gasteiger partial charge in [-0.1, -0.05) is 12.8 Å². The molecule has 17 heavy (non-hydrogen) atoms. The van der Waals surface area contributed by atoms with Crippen molar-refractivity contribution >= 4 is 0 Å². The van der Waals surface area contributed by atoms with Gasteiger partial charge in [0.25, 0.3) is 0 Å². The van der Waals surface area contributed by atoms with Crippen LogP contribution in [0, 0.1) is 11.8 Å². The van der Waals surface area contributed by atoms with Gasteiger partial charge in [0.1, 0.15) is 0 Å². The minimum Gasteiger partial charge on any atom is -0.384 e. The van der Waals surface area contributed by atoms with Gasteiger partial charge in [-0.15, -0.1) is 0 Å². The van der Waals surface area contributed by atoms with E-state index in [2.05, 4.69) is 17.3 Å². The molecule has 3 heteroatoms. The number of hydrogen-bond acceptors (Lipinski definition) is 3. The molecule has 1 N–H and O–H groups in total. The fourth-order valence-electron chi connectivity index (χ4n) is 3.59. The van der Waals surface area contributed by atoms with E-state index >= 15 is 0 Å². The molecule has 3 atom stereocenters. The molecule has 2 fully saturated rings. The summed E-state index contributed by atoms with van der Waals surface area (Å²) in [5, 5.41) is 3.51. The van der Waals surface area contributed by atoms with Crippen LogP contribution < -0.4 is 5.32 Å². The van der Waals surface area contributed by atoms with Crippen LogP contribution >= 0.6 is 0 Å². The topological polar surface area (TPSA) is 24.5 Å². The van der Waals surface area contributed by atoms with Gasteiger partial charge in [0.2, 0.25) is 0 Å². The summed E-state index contributed by atoms with van der Waals surface area (Å²) in [4.78, 5) is 2.66. The molecule has 2 rings (SSSR count). The van der Waals surface area contributed by atoms with Crippen molar-refractivity contribution in [3.8, 4) is 0 Å². The minimum atomic E-state index is 0.755. The minimum absolute atomic E-state index is 0.755. The van der Waals surface area contributed by atoms with Crippen LogP contribution in [-0.2, 0) is 4.74 Å². The third-order valence-electron chi connectivity index (χ3n) is 4.54.